The van der Waals surface area contributed by atoms with E-state index in [0.717, 1.165) is 0 Å². The Hall–Kier alpha value is -0.243. The molecule has 6 nitrogen and oxygen atoms in total. The molecule has 0 saturated carbocycles. The van der Waals surface area contributed by atoms with Crippen molar-refractivity contribution in [1.29, 1.82) is 0 Å². The highest BCUT2D eigenvalue weighted by Crippen LogP contribution is 2.51. The summed E-state index contributed by atoms with van der Waals surface area (Å²) >= 11 is 6.16. The van der Waals surface area contributed by atoms with Crippen LogP contribution in [0.5, 0.6) is 0 Å². The molecule has 0 N–H and O–H groups in total. The van der Waals surface area contributed by atoms with E-state index in [0.29, 0.717) is 4.90 Å². The molecule has 1 unspecified atom stereocenters. The third-order valence-electron chi connectivity index (χ3n) is 2.48. The van der Waals surface area contributed by atoms with Gasteiger partial charge in [-0.2, -0.15) is 0 Å². The lowest BCUT2D eigenvalue weighted by Crippen LogP contribution is -2.22. The maximum atomic E-state index is 13.6. The first-order valence-electron chi connectivity index (χ1n) is 7.29. The van der Waals surface area contributed by atoms with Gasteiger partial charge in [0.05, 0.1) is 32.9 Å². The molecule has 0 radical (unpaired) electrons. The summed E-state index contributed by atoms with van der Waals surface area (Å²) in [6, 6.07) is 1.55. The van der Waals surface area contributed by atoms with E-state index in [9.17, 15) is 8.77 Å². The Kier molecular flexibility index (Phi) is 7.44. The molecular formula is C13H24ClN2O4PSSi. The van der Waals surface area contributed by atoms with Crippen molar-refractivity contribution in [2.24, 2.45) is 4.03 Å². The summed E-state index contributed by atoms with van der Waals surface area (Å²) in [5, 5.41) is 0.235. The molecule has 1 aromatic heterocycles. The van der Waals surface area contributed by atoms with E-state index in [1.807, 2.05) is 19.6 Å². The molecule has 0 aromatic carbocycles. The van der Waals surface area contributed by atoms with Gasteiger partial charge in [0.2, 0.25) is 0 Å². The molecule has 1 rings (SSSR count). The Morgan fingerprint density at radius 3 is 2.30 bits per heavy atom. The summed E-state index contributed by atoms with van der Waals surface area (Å²) in [6.07, 6.45) is 2.90. The van der Waals surface area contributed by atoms with Crippen molar-refractivity contribution >= 4 is 37.2 Å². The molecule has 0 fully saturated rings. The molecule has 1 aromatic rings. The maximum absolute atomic E-state index is 13.6. The first-order chi connectivity index (χ1) is 10.6. The highest BCUT2D eigenvalue weighted by molar-refractivity contribution is 8.00. The van der Waals surface area contributed by atoms with Crippen LogP contribution in [-0.2, 0) is 23.3 Å². The summed E-state index contributed by atoms with van der Waals surface area (Å²) in [5.74, 6) is 0. The zero-order valence-corrected chi connectivity index (χ0v) is 17.6. The summed E-state index contributed by atoms with van der Waals surface area (Å²) in [7, 11) is -8.70. The zero-order chi connectivity index (χ0) is 17.7. The quantitative estimate of drug-likeness (QED) is 0.471. The minimum atomic E-state index is -3.54. The van der Waals surface area contributed by atoms with Crippen molar-refractivity contribution in [2.45, 2.75) is 38.4 Å². The highest BCUT2D eigenvalue weighted by atomic mass is 35.5. The van der Waals surface area contributed by atoms with Gasteiger partial charge in [-0.1, -0.05) is 11.6 Å². The lowest BCUT2D eigenvalue weighted by molar-refractivity contribution is 0.224. The van der Waals surface area contributed by atoms with E-state index in [-0.39, 0.29) is 23.7 Å². The Labute approximate surface area is 144 Å². The lowest BCUT2D eigenvalue weighted by atomic mass is 10.5. The second-order valence-electron chi connectivity index (χ2n) is 5.78. The van der Waals surface area contributed by atoms with Crippen LogP contribution in [0.2, 0.25) is 24.7 Å². The van der Waals surface area contributed by atoms with Crippen LogP contribution in [0.15, 0.2) is 27.4 Å². The largest absolute Gasteiger partial charge is 0.344 e. The van der Waals surface area contributed by atoms with Crippen LogP contribution >= 0.6 is 19.2 Å². The fourth-order valence-corrected chi connectivity index (χ4v) is 11.5. The predicted octanol–water partition coefficient (Wildman–Crippen LogP) is 4.62. The number of hydrogen-bond donors (Lipinski definition) is 0. The molecular weight excluding hydrogens is 375 g/mol. The van der Waals surface area contributed by atoms with Crippen LogP contribution in [0.4, 0.5) is 0 Å². The van der Waals surface area contributed by atoms with Crippen molar-refractivity contribution in [3.05, 3.63) is 23.5 Å². The molecule has 23 heavy (non-hydrogen) atoms. The zero-order valence-electron chi connectivity index (χ0n) is 14.1. The summed E-state index contributed by atoms with van der Waals surface area (Å²) in [6.45, 7) is 9.68. The minimum Gasteiger partial charge on any atom is -0.308 e. The van der Waals surface area contributed by atoms with Gasteiger partial charge in [-0.25, -0.2) is 4.21 Å². The van der Waals surface area contributed by atoms with Gasteiger partial charge in [-0.3, -0.25) is 13.6 Å². The Balaban J connectivity index is 3.50. The van der Waals surface area contributed by atoms with Crippen LogP contribution in [0.25, 0.3) is 0 Å². The van der Waals surface area contributed by atoms with E-state index in [1.165, 1.54) is 12.4 Å². The molecule has 0 amide bonds. The number of hydrogen-bond acceptors (Lipinski definition) is 6. The predicted molar refractivity (Wildman–Crippen MR) is 97.2 cm³/mol. The minimum absolute atomic E-state index is 0.198. The highest BCUT2D eigenvalue weighted by Gasteiger charge is 2.34. The number of halogens is 1. The Morgan fingerprint density at radius 1 is 1.30 bits per heavy atom. The first-order valence-corrected chi connectivity index (χ1v) is 14.5. The SMILES string of the molecule is CCOP(=O)(CS(=O)(=N[Si](C)(C)C)c1ccncc1Cl)OCC. The molecule has 0 spiro atoms. The number of aromatic nitrogens is 1. The van der Waals surface area contributed by atoms with E-state index < -0.39 is 25.6 Å². The van der Waals surface area contributed by atoms with Crippen LogP contribution in [0, 0.1) is 0 Å². The van der Waals surface area contributed by atoms with E-state index >= 15 is 0 Å². The van der Waals surface area contributed by atoms with Crippen LogP contribution in [-0.4, -0.2) is 36.1 Å². The normalized spacial score (nSPS) is 15.2. The van der Waals surface area contributed by atoms with E-state index in [2.05, 4.69) is 9.01 Å². The van der Waals surface area contributed by atoms with Gasteiger partial charge in [0.1, 0.15) is 5.49 Å². The monoisotopic (exact) mass is 398 g/mol. The van der Waals surface area contributed by atoms with Crippen molar-refractivity contribution in [3.63, 3.8) is 0 Å². The molecule has 0 saturated heterocycles. The van der Waals surface area contributed by atoms with Gasteiger partial charge in [-0.15, -0.1) is 0 Å². The van der Waals surface area contributed by atoms with Crippen LogP contribution in [0.1, 0.15) is 13.8 Å². The standard InChI is InChI=1S/C13H24ClN2O4PSSi/c1-6-19-21(17,20-7-2)11-22(18,16-23(3,4)5)13-8-9-15-10-12(13)14/h8-10H,6-7,11H2,1-5H3. The Morgan fingerprint density at radius 2 is 1.87 bits per heavy atom. The second-order valence-corrected chi connectivity index (χ2v) is 15.8. The molecule has 0 aliphatic heterocycles. The second kappa shape index (κ2) is 8.23. The van der Waals surface area contributed by atoms with Gasteiger partial charge in [0.25, 0.3) is 0 Å². The van der Waals surface area contributed by atoms with Crippen molar-refractivity contribution in [1.82, 2.24) is 4.98 Å². The lowest BCUT2D eigenvalue weighted by Gasteiger charge is -2.22. The Bertz CT molecular complexity index is 691. The smallest absolute Gasteiger partial charge is 0.308 e. The molecule has 0 bridgehead atoms. The van der Waals surface area contributed by atoms with Gasteiger partial charge in [0, 0.05) is 12.4 Å². The van der Waals surface area contributed by atoms with Crippen LogP contribution < -0.4 is 0 Å². The molecule has 10 heteroatoms. The molecule has 0 aliphatic rings. The topological polar surface area (TPSA) is 77.9 Å². The summed E-state index contributed by atoms with van der Waals surface area (Å²) in [4.78, 5) is 4.23. The van der Waals surface area contributed by atoms with Crippen molar-refractivity contribution in [3.8, 4) is 0 Å². The third-order valence-corrected chi connectivity index (χ3v) is 11.3. The van der Waals surface area contributed by atoms with Crippen LogP contribution in [0.3, 0.4) is 0 Å². The maximum Gasteiger partial charge on any atom is 0.344 e. The molecule has 0 aliphatic carbocycles. The van der Waals surface area contributed by atoms with Crippen molar-refractivity contribution in [2.75, 3.05) is 18.7 Å². The average Bonchev–Trinajstić information content (AvgIpc) is 2.36. The van der Waals surface area contributed by atoms with Gasteiger partial charge in [-0.05, 0) is 39.6 Å². The molecule has 1 heterocycles. The van der Waals surface area contributed by atoms with E-state index in [1.54, 1.807) is 19.9 Å². The van der Waals surface area contributed by atoms with Crippen molar-refractivity contribution < 1.29 is 17.8 Å². The van der Waals surface area contributed by atoms with Gasteiger partial charge in [0.15, 0.2) is 8.24 Å². The fraction of sp³-hybridized carbons (Fsp3) is 0.615. The fourth-order valence-electron chi connectivity index (χ4n) is 1.93. The molecule has 1 atom stereocenters. The van der Waals surface area contributed by atoms with E-state index in [4.69, 9.17) is 20.6 Å². The summed E-state index contributed by atoms with van der Waals surface area (Å²) in [5.41, 5.74) is -0.310. The summed E-state index contributed by atoms with van der Waals surface area (Å²) < 4.78 is 41.6. The number of nitrogens with zero attached hydrogens (tertiary/aromatic N) is 2. The average molecular weight is 399 g/mol. The van der Waals surface area contributed by atoms with Gasteiger partial charge < -0.3 is 9.05 Å². The number of rotatable bonds is 8. The third kappa shape index (κ3) is 6.29. The first kappa shape index (κ1) is 20.8. The molecule has 132 valence electrons. The number of pyridine rings is 1. The van der Waals surface area contributed by atoms with Gasteiger partial charge >= 0.3 is 7.60 Å².